The first-order chi connectivity index (χ1) is 8.74. The van der Waals surface area contributed by atoms with Crippen molar-refractivity contribution in [1.82, 2.24) is 9.97 Å². The summed E-state index contributed by atoms with van der Waals surface area (Å²) < 4.78 is 0. The highest BCUT2D eigenvalue weighted by molar-refractivity contribution is 5.99. The minimum atomic E-state index is 0.749. The molecular weight excluding hydrogens is 222 g/mol. The van der Waals surface area contributed by atoms with Gasteiger partial charge in [0.05, 0.1) is 5.52 Å². The minimum Gasteiger partial charge on any atom is -0.236 e. The summed E-state index contributed by atoms with van der Waals surface area (Å²) in [6.45, 7) is 6.15. The largest absolute Gasteiger partial charge is 0.236 e. The molecule has 3 heteroatoms. The quantitative estimate of drug-likeness (QED) is 0.759. The predicted octanol–water partition coefficient (Wildman–Crippen LogP) is 4.00. The second-order valence-electron chi connectivity index (χ2n) is 4.17. The number of aliphatic imine (C=N–C) groups is 1. The Morgan fingerprint density at radius 2 is 2.17 bits per heavy atom. The van der Waals surface area contributed by atoms with E-state index in [0.717, 1.165) is 28.9 Å². The number of nitrogens with zero attached hydrogens (tertiary/aromatic N) is 3. The van der Waals surface area contributed by atoms with Gasteiger partial charge < -0.3 is 0 Å². The molecule has 1 heterocycles. The maximum Gasteiger partial charge on any atom is 0.163 e. The van der Waals surface area contributed by atoms with Crippen molar-refractivity contribution in [2.45, 2.75) is 27.2 Å². The van der Waals surface area contributed by atoms with Gasteiger partial charge in [-0.2, -0.15) is 0 Å². The molecule has 2 rings (SSSR count). The first-order valence-corrected chi connectivity index (χ1v) is 6.16. The first kappa shape index (κ1) is 12.4. The van der Waals surface area contributed by atoms with Crippen LogP contribution in [0.3, 0.4) is 0 Å². The molecule has 1 aromatic carbocycles. The van der Waals surface area contributed by atoms with Gasteiger partial charge in [0.1, 0.15) is 6.33 Å². The number of aryl methyl sites for hydroxylation is 1. The minimum absolute atomic E-state index is 0.749. The van der Waals surface area contributed by atoms with Gasteiger partial charge in [-0.3, -0.25) is 0 Å². The molecule has 0 aliphatic rings. The van der Waals surface area contributed by atoms with E-state index in [2.05, 4.69) is 40.9 Å². The summed E-state index contributed by atoms with van der Waals surface area (Å²) >= 11 is 0. The summed E-state index contributed by atoms with van der Waals surface area (Å²) in [6, 6.07) is 6.14. The maximum absolute atomic E-state index is 4.61. The van der Waals surface area contributed by atoms with E-state index in [1.165, 1.54) is 5.56 Å². The number of hydrogen-bond donors (Lipinski definition) is 0. The van der Waals surface area contributed by atoms with Crippen LogP contribution in [0.1, 0.15) is 25.8 Å². The van der Waals surface area contributed by atoms with Crippen molar-refractivity contribution in [3.05, 3.63) is 42.2 Å². The number of allylic oxidation sites excluding steroid dienone is 2. The van der Waals surface area contributed by atoms with Crippen LogP contribution < -0.4 is 0 Å². The maximum atomic E-state index is 4.61. The molecule has 0 N–H and O–H groups in total. The van der Waals surface area contributed by atoms with E-state index in [1.807, 2.05) is 25.1 Å². The third-order valence-corrected chi connectivity index (χ3v) is 2.74. The van der Waals surface area contributed by atoms with Gasteiger partial charge in [-0.25, -0.2) is 15.0 Å². The van der Waals surface area contributed by atoms with Gasteiger partial charge in [-0.15, -0.1) is 0 Å². The van der Waals surface area contributed by atoms with Crippen molar-refractivity contribution in [2.24, 2.45) is 4.99 Å². The highest BCUT2D eigenvalue weighted by atomic mass is 15.0. The van der Waals surface area contributed by atoms with Gasteiger partial charge >= 0.3 is 0 Å². The van der Waals surface area contributed by atoms with Crippen molar-refractivity contribution in [2.75, 3.05) is 0 Å². The van der Waals surface area contributed by atoms with Gasteiger partial charge in [0.25, 0.3) is 0 Å². The zero-order chi connectivity index (χ0) is 13.0. The van der Waals surface area contributed by atoms with Crippen molar-refractivity contribution >= 4 is 22.4 Å². The third-order valence-electron chi connectivity index (χ3n) is 2.74. The van der Waals surface area contributed by atoms with Crippen LogP contribution in [-0.4, -0.2) is 15.7 Å². The molecule has 0 bridgehead atoms. The predicted molar refractivity (Wildman–Crippen MR) is 76.5 cm³/mol. The zero-order valence-corrected chi connectivity index (χ0v) is 11.0. The number of hydrogen-bond acceptors (Lipinski definition) is 3. The molecule has 0 saturated carbocycles. The van der Waals surface area contributed by atoms with Gasteiger partial charge in [0.15, 0.2) is 5.82 Å². The lowest BCUT2D eigenvalue weighted by Crippen LogP contribution is -1.91. The SMILES string of the molecule is C/C=C\C(CC)=Nc1ncnc2ccc(C)cc12. The Morgan fingerprint density at radius 3 is 2.89 bits per heavy atom. The highest BCUT2D eigenvalue weighted by Crippen LogP contribution is 2.23. The molecule has 2 aromatic rings. The summed E-state index contributed by atoms with van der Waals surface area (Å²) in [5.74, 6) is 0.749. The molecule has 92 valence electrons. The molecule has 0 unspecified atom stereocenters. The summed E-state index contributed by atoms with van der Waals surface area (Å²) in [6.07, 6.45) is 6.47. The Balaban J connectivity index is 2.60. The molecule has 0 aliphatic carbocycles. The number of fused-ring (bicyclic) bond motifs is 1. The monoisotopic (exact) mass is 239 g/mol. The fourth-order valence-corrected chi connectivity index (χ4v) is 1.81. The lowest BCUT2D eigenvalue weighted by Gasteiger charge is -2.03. The van der Waals surface area contributed by atoms with E-state index in [9.17, 15) is 0 Å². The normalized spacial score (nSPS) is 12.5. The molecule has 0 spiro atoms. The molecule has 0 amide bonds. The first-order valence-electron chi connectivity index (χ1n) is 6.16. The average molecular weight is 239 g/mol. The van der Waals surface area contributed by atoms with Gasteiger partial charge in [-0.1, -0.05) is 24.6 Å². The van der Waals surface area contributed by atoms with E-state index in [0.29, 0.717) is 0 Å². The van der Waals surface area contributed by atoms with E-state index < -0.39 is 0 Å². The fraction of sp³-hybridized carbons (Fsp3) is 0.267. The Labute approximate surface area is 107 Å². The van der Waals surface area contributed by atoms with E-state index in [-0.39, 0.29) is 0 Å². The summed E-state index contributed by atoms with van der Waals surface area (Å²) in [4.78, 5) is 13.2. The standard InChI is InChI=1S/C15H17N3/c1-4-6-12(5-2)18-15-13-9-11(3)7-8-14(13)16-10-17-15/h4,6-10H,5H2,1-3H3/b6-4-,18-12?. The van der Waals surface area contributed by atoms with Gasteiger partial charge in [0, 0.05) is 11.1 Å². The molecule has 0 fully saturated rings. The Morgan fingerprint density at radius 1 is 1.33 bits per heavy atom. The molecule has 0 atom stereocenters. The lowest BCUT2D eigenvalue weighted by atomic mass is 10.1. The number of rotatable bonds is 3. The second-order valence-corrected chi connectivity index (χ2v) is 4.17. The van der Waals surface area contributed by atoms with Crippen LogP contribution in [-0.2, 0) is 0 Å². The Kier molecular flexibility index (Phi) is 3.82. The van der Waals surface area contributed by atoms with Crippen LogP contribution >= 0.6 is 0 Å². The number of aromatic nitrogens is 2. The summed E-state index contributed by atoms with van der Waals surface area (Å²) in [5, 5.41) is 1.01. The van der Waals surface area contributed by atoms with Crippen LogP contribution in [0.5, 0.6) is 0 Å². The zero-order valence-electron chi connectivity index (χ0n) is 11.0. The third kappa shape index (κ3) is 2.62. The van der Waals surface area contributed by atoms with Crippen LogP contribution in [0.2, 0.25) is 0 Å². The molecule has 0 radical (unpaired) electrons. The summed E-state index contributed by atoms with van der Waals surface area (Å²) in [5.41, 5.74) is 3.15. The molecule has 0 saturated heterocycles. The molecule has 1 aromatic heterocycles. The lowest BCUT2D eigenvalue weighted by molar-refractivity contribution is 1.18. The van der Waals surface area contributed by atoms with Crippen molar-refractivity contribution in [1.29, 1.82) is 0 Å². The van der Waals surface area contributed by atoms with E-state index in [4.69, 9.17) is 0 Å². The fourth-order valence-electron chi connectivity index (χ4n) is 1.81. The van der Waals surface area contributed by atoms with Crippen LogP contribution in [0.4, 0.5) is 5.82 Å². The number of benzene rings is 1. The van der Waals surface area contributed by atoms with E-state index >= 15 is 0 Å². The summed E-state index contributed by atoms with van der Waals surface area (Å²) in [7, 11) is 0. The van der Waals surface area contributed by atoms with Gasteiger partial charge in [-0.05, 0) is 38.5 Å². The smallest absolute Gasteiger partial charge is 0.163 e. The van der Waals surface area contributed by atoms with Crippen LogP contribution in [0, 0.1) is 6.92 Å². The van der Waals surface area contributed by atoms with Crippen LogP contribution in [0.15, 0.2) is 41.7 Å². The van der Waals surface area contributed by atoms with E-state index in [1.54, 1.807) is 6.33 Å². The molecule has 3 nitrogen and oxygen atoms in total. The van der Waals surface area contributed by atoms with Crippen molar-refractivity contribution in [3.63, 3.8) is 0 Å². The highest BCUT2D eigenvalue weighted by Gasteiger charge is 2.03. The molecule has 0 aliphatic heterocycles. The Hall–Kier alpha value is -2.03. The second kappa shape index (κ2) is 5.54. The van der Waals surface area contributed by atoms with Crippen molar-refractivity contribution in [3.8, 4) is 0 Å². The molecular formula is C15H17N3. The topological polar surface area (TPSA) is 38.1 Å². The Bertz CT molecular complexity index is 612. The average Bonchev–Trinajstić information content (AvgIpc) is 2.38. The van der Waals surface area contributed by atoms with Crippen molar-refractivity contribution < 1.29 is 0 Å². The molecule has 18 heavy (non-hydrogen) atoms. The van der Waals surface area contributed by atoms with Gasteiger partial charge in [0.2, 0.25) is 0 Å². The van der Waals surface area contributed by atoms with Crippen LogP contribution in [0.25, 0.3) is 10.9 Å².